The van der Waals surface area contributed by atoms with Crippen LogP contribution in [0.4, 0.5) is 4.39 Å². The van der Waals surface area contributed by atoms with Gasteiger partial charge in [0, 0.05) is 11.5 Å². The summed E-state index contributed by atoms with van der Waals surface area (Å²) >= 11 is 5.81. The topological polar surface area (TPSA) is 0 Å². The quantitative estimate of drug-likeness (QED) is 0.405. The summed E-state index contributed by atoms with van der Waals surface area (Å²) in [5, 5.41) is 2.78. The third-order valence-corrected chi connectivity index (χ3v) is 6.18. The maximum absolute atomic E-state index is 13.8. The molecule has 0 heterocycles. The number of halogens is 2. The van der Waals surface area contributed by atoms with Gasteiger partial charge in [0.05, 0.1) is 5.02 Å². The Morgan fingerprint density at radius 1 is 1.11 bits per heavy atom. The molecule has 0 unspecified atom stereocenters. The molecular formula is C26H24ClF. The summed E-state index contributed by atoms with van der Waals surface area (Å²) in [6, 6.07) is 17.9. The minimum Gasteiger partial charge on any atom is -0.205 e. The third-order valence-electron chi connectivity index (χ3n) is 5.87. The molecular weight excluding hydrogens is 367 g/mol. The molecule has 3 aromatic carbocycles. The first-order chi connectivity index (χ1) is 13.7. The normalized spacial score (nSPS) is 18.4. The van der Waals surface area contributed by atoms with Gasteiger partial charge in [-0.05, 0) is 65.3 Å². The lowest BCUT2D eigenvalue weighted by molar-refractivity contribution is 0.386. The second kappa shape index (κ2) is 8.38. The standard InChI is InChI=1S/C26H24ClF/c1-2-3-6-19-11-14-23-21-8-5-4-7-20(21)12-15-24(23)22(19)13-9-18-10-16-25(27)26(28)17-18/h4-5,7-8,10,12,15-17,19,22H,2-3,6,11,14H2,1H3/t19-,22+/m1/s1. The maximum atomic E-state index is 13.8. The van der Waals surface area contributed by atoms with Crippen LogP contribution in [0.1, 0.15) is 55.2 Å². The average Bonchev–Trinajstić information content (AvgIpc) is 2.73. The van der Waals surface area contributed by atoms with E-state index in [-0.39, 0.29) is 10.9 Å². The molecule has 4 rings (SSSR count). The van der Waals surface area contributed by atoms with Crippen LogP contribution in [0.15, 0.2) is 54.6 Å². The summed E-state index contributed by atoms with van der Waals surface area (Å²) in [7, 11) is 0. The van der Waals surface area contributed by atoms with Gasteiger partial charge < -0.3 is 0 Å². The first kappa shape index (κ1) is 19.0. The van der Waals surface area contributed by atoms with Gasteiger partial charge in [-0.1, -0.05) is 79.6 Å². The van der Waals surface area contributed by atoms with Crippen LogP contribution in [0, 0.1) is 23.6 Å². The molecule has 2 heteroatoms. The third kappa shape index (κ3) is 3.80. The summed E-state index contributed by atoms with van der Waals surface area (Å²) < 4.78 is 13.8. The van der Waals surface area contributed by atoms with Gasteiger partial charge >= 0.3 is 0 Å². The highest BCUT2D eigenvalue weighted by Crippen LogP contribution is 2.41. The number of hydrogen-bond acceptors (Lipinski definition) is 0. The Kier molecular flexibility index (Phi) is 5.69. The molecule has 0 spiro atoms. The van der Waals surface area contributed by atoms with Crippen molar-refractivity contribution in [1.29, 1.82) is 0 Å². The largest absolute Gasteiger partial charge is 0.205 e. The summed E-state index contributed by atoms with van der Waals surface area (Å²) in [5.74, 6) is 7.07. The number of hydrogen-bond donors (Lipinski definition) is 0. The number of benzene rings is 3. The molecule has 0 saturated heterocycles. The molecule has 2 atom stereocenters. The fourth-order valence-corrected chi connectivity index (χ4v) is 4.50. The van der Waals surface area contributed by atoms with Crippen molar-refractivity contribution >= 4 is 22.4 Å². The van der Waals surface area contributed by atoms with Gasteiger partial charge in [-0.15, -0.1) is 0 Å². The molecule has 0 fully saturated rings. The van der Waals surface area contributed by atoms with Crippen LogP contribution < -0.4 is 0 Å². The zero-order valence-electron chi connectivity index (χ0n) is 16.1. The van der Waals surface area contributed by atoms with Gasteiger partial charge in [0.2, 0.25) is 0 Å². The summed E-state index contributed by atoms with van der Waals surface area (Å²) in [4.78, 5) is 0. The zero-order valence-corrected chi connectivity index (χ0v) is 16.9. The zero-order chi connectivity index (χ0) is 19.5. The van der Waals surface area contributed by atoms with Crippen LogP contribution >= 0.6 is 11.6 Å². The van der Waals surface area contributed by atoms with Crippen LogP contribution in [-0.2, 0) is 6.42 Å². The second-order valence-electron chi connectivity index (χ2n) is 7.67. The molecule has 0 amide bonds. The average molecular weight is 391 g/mol. The molecule has 0 N–H and O–H groups in total. The monoisotopic (exact) mass is 390 g/mol. The first-order valence-electron chi connectivity index (χ1n) is 10.1. The van der Waals surface area contributed by atoms with Crippen LogP contribution in [0.3, 0.4) is 0 Å². The van der Waals surface area contributed by atoms with Gasteiger partial charge in [0.1, 0.15) is 5.82 Å². The molecule has 0 saturated carbocycles. The Balaban J connectivity index is 1.76. The molecule has 1 aliphatic carbocycles. The van der Waals surface area contributed by atoms with Crippen LogP contribution in [0.25, 0.3) is 10.8 Å². The van der Waals surface area contributed by atoms with Crippen molar-refractivity contribution in [2.75, 3.05) is 0 Å². The molecule has 0 bridgehead atoms. The Bertz CT molecular complexity index is 1060. The molecule has 28 heavy (non-hydrogen) atoms. The number of fused-ring (bicyclic) bond motifs is 3. The van der Waals surface area contributed by atoms with Crippen molar-refractivity contribution < 1.29 is 4.39 Å². The minimum absolute atomic E-state index is 0.140. The van der Waals surface area contributed by atoms with Crippen LogP contribution in [0.5, 0.6) is 0 Å². The fraction of sp³-hybridized carbons (Fsp3) is 0.308. The van der Waals surface area contributed by atoms with Crippen molar-refractivity contribution in [3.63, 3.8) is 0 Å². The molecule has 0 radical (unpaired) electrons. The molecule has 3 aromatic rings. The predicted octanol–water partition coefficient (Wildman–Crippen LogP) is 7.52. The van der Waals surface area contributed by atoms with E-state index in [0.717, 1.165) is 12.8 Å². The van der Waals surface area contributed by atoms with E-state index in [0.29, 0.717) is 11.5 Å². The van der Waals surface area contributed by atoms with Crippen LogP contribution in [-0.4, -0.2) is 0 Å². The SMILES string of the molecule is CCCC[C@@H]1CCc2c(ccc3ccccc23)[C@H]1C#Cc1ccc(Cl)c(F)c1. The van der Waals surface area contributed by atoms with Gasteiger partial charge in [-0.25, -0.2) is 4.39 Å². The van der Waals surface area contributed by atoms with Crippen molar-refractivity contribution in [1.82, 2.24) is 0 Å². The highest BCUT2D eigenvalue weighted by atomic mass is 35.5. The van der Waals surface area contributed by atoms with E-state index in [4.69, 9.17) is 11.6 Å². The number of aryl methyl sites for hydroxylation is 1. The van der Waals surface area contributed by atoms with Gasteiger partial charge in [-0.3, -0.25) is 0 Å². The molecule has 0 aliphatic heterocycles. The fourth-order valence-electron chi connectivity index (χ4n) is 4.38. The number of unbranched alkanes of at least 4 members (excludes halogenated alkanes) is 1. The molecule has 1 aliphatic rings. The van der Waals surface area contributed by atoms with E-state index < -0.39 is 5.82 Å². The van der Waals surface area contributed by atoms with E-state index >= 15 is 0 Å². The molecule has 142 valence electrons. The van der Waals surface area contributed by atoms with Gasteiger partial charge in [0.15, 0.2) is 0 Å². The Morgan fingerprint density at radius 2 is 1.96 bits per heavy atom. The van der Waals surface area contributed by atoms with Crippen molar-refractivity contribution in [3.05, 3.63) is 82.1 Å². The highest BCUT2D eigenvalue weighted by molar-refractivity contribution is 6.30. The van der Waals surface area contributed by atoms with Gasteiger partial charge in [-0.2, -0.15) is 0 Å². The van der Waals surface area contributed by atoms with Gasteiger partial charge in [0.25, 0.3) is 0 Å². The molecule has 0 nitrogen and oxygen atoms in total. The summed E-state index contributed by atoms with van der Waals surface area (Å²) in [6.45, 7) is 2.24. The summed E-state index contributed by atoms with van der Waals surface area (Å²) in [6.07, 6.45) is 5.89. The van der Waals surface area contributed by atoms with Crippen molar-refractivity contribution in [2.24, 2.45) is 5.92 Å². The summed E-state index contributed by atoms with van der Waals surface area (Å²) in [5.41, 5.74) is 3.48. The lowest BCUT2D eigenvalue weighted by Crippen LogP contribution is -2.20. The van der Waals surface area contributed by atoms with E-state index in [2.05, 4.69) is 55.2 Å². The van der Waals surface area contributed by atoms with Crippen molar-refractivity contribution in [2.45, 2.75) is 44.9 Å². The van der Waals surface area contributed by atoms with Crippen LogP contribution in [0.2, 0.25) is 5.02 Å². The highest BCUT2D eigenvalue weighted by Gasteiger charge is 2.28. The second-order valence-corrected chi connectivity index (χ2v) is 8.08. The van der Waals surface area contributed by atoms with E-state index in [1.54, 1.807) is 12.1 Å². The van der Waals surface area contributed by atoms with Crippen molar-refractivity contribution in [3.8, 4) is 11.8 Å². The lowest BCUT2D eigenvalue weighted by Gasteiger charge is -2.31. The Hall–Kier alpha value is -2.30. The minimum atomic E-state index is -0.411. The predicted molar refractivity (Wildman–Crippen MR) is 116 cm³/mol. The van der Waals surface area contributed by atoms with E-state index in [1.807, 2.05) is 0 Å². The Labute approximate surface area is 171 Å². The Morgan fingerprint density at radius 3 is 2.79 bits per heavy atom. The van der Waals surface area contributed by atoms with E-state index in [9.17, 15) is 4.39 Å². The number of rotatable bonds is 3. The maximum Gasteiger partial charge on any atom is 0.143 e. The lowest BCUT2D eigenvalue weighted by atomic mass is 9.72. The first-order valence-corrected chi connectivity index (χ1v) is 10.5. The van der Waals surface area contributed by atoms with E-state index in [1.165, 1.54) is 47.2 Å². The smallest absolute Gasteiger partial charge is 0.143 e. The molecule has 0 aromatic heterocycles.